The van der Waals surface area contributed by atoms with Crippen molar-refractivity contribution in [3.05, 3.63) is 0 Å². The minimum Gasteiger partial charge on any atom is -0.351 e. The molecule has 4 nitrogen and oxygen atoms in total. The van der Waals surface area contributed by atoms with E-state index in [9.17, 15) is 4.79 Å². The van der Waals surface area contributed by atoms with Gasteiger partial charge in [0.15, 0.2) is 6.29 Å². The molecule has 0 radical (unpaired) electrons. The summed E-state index contributed by atoms with van der Waals surface area (Å²) in [6, 6.07) is 0. The van der Waals surface area contributed by atoms with E-state index in [0.29, 0.717) is 19.8 Å². The molecule has 0 aliphatic rings. The Morgan fingerprint density at radius 3 is 2.00 bits per heavy atom. The van der Waals surface area contributed by atoms with Crippen molar-refractivity contribution in [1.29, 1.82) is 0 Å². The van der Waals surface area contributed by atoms with Crippen molar-refractivity contribution in [2.75, 3.05) is 19.8 Å². The number of ether oxygens (including phenoxy) is 2. The summed E-state index contributed by atoms with van der Waals surface area (Å²) in [4.78, 5) is 11.6. The Morgan fingerprint density at radius 1 is 1.20 bits per heavy atom. The zero-order chi connectivity index (χ0) is 11.9. The van der Waals surface area contributed by atoms with Crippen LogP contribution in [0.25, 0.3) is 0 Å². The van der Waals surface area contributed by atoms with Crippen LogP contribution in [0.1, 0.15) is 34.6 Å². The molecule has 0 aliphatic carbocycles. The molecule has 0 atom stereocenters. The van der Waals surface area contributed by atoms with E-state index in [4.69, 9.17) is 9.47 Å². The van der Waals surface area contributed by atoms with Gasteiger partial charge >= 0.3 is 0 Å². The van der Waals surface area contributed by atoms with Crippen molar-refractivity contribution in [3.63, 3.8) is 0 Å². The van der Waals surface area contributed by atoms with Crippen molar-refractivity contribution in [3.8, 4) is 0 Å². The van der Waals surface area contributed by atoms with Crippen molar-refractivity contribution in [2.24, 2.45) is 5.41 Å². The van der Waals surface area contributed by atoms with Crippen molar-refractivity contribution >= 4 is 5.91 Å². The first-order chi connectivity index (χ1) is 6.91. The largest absolute Gasteiger partial charge is 0.351 e. The second-order valence-electron chi connectivity index (χ2n) is 4.30. The van der Waals surface area contributed by atoms with E-state index in [2.05, 4.69) is 5.32 Å². The first-order valence-corrected chi connectivity index (χ1v) is 5.43. The van der Waals surface area contributed by atoms with Gasteiger partial charge in [0, 0.05) is 18.6 Å². The van der Waals surface area contributed by atoms with E-state index in [1.807, 2.05) is 34.6 Å². The maximum Gasteiger partial charge on any atom is 0.225 e. The molecule has 0 saturated heterocycles. The van der Waals surface area contributed by atoms with Crippen molar-refractivity contribution in [2.45, 2.75) is 40.9 Å². The lowest BCUT2D eigenvalue weighted by Gasteiger charge is -2.21. The Kier molecular flexibility index (Phi) is 6.52. The van der Waals surface area contributed by atoms with Gasteiger partial charge in [-0.05, 0) is 13.8 Å². The quantitative estimate of drug-likeness (QED) is 0.687. The molecule has 0 spiro atoms. The highest BCUT2D eigenvalue weighted by atomic mass is 16.7. The molecule has 15 heavy (non-hydrogen) atoms. The molecule has 0 aromatic heterocycles. The maximum absolute atomic E-state index is 11.6. The third kappa shape index (κ3) is 6.47. The molecule has 1 N–H and O–H groups in total. The fourth-order valence-electron chi connectivity index (χ4n) is 0.979. The molecule has 90 valence electrons. The van der Waals surface area contributed by atoms with Gasteiger partial charge in [0.25, 0.3) is 0 Å². The fourth-order valence-corrected chi connectivity index (χ4v) is 0.979. The fraction of sp³-hybridized carbons (Fsp3) is 0.909. The van der Waals surface area contributed by atoms with Gasteiger partial charge in [-0.3, -0.25) is 4.79 Å². The van der Waals surface area contributed by atoms with Gasteiger partial charge in [-0.2, -0.15) is 0 Å². The smallest absolute Gasteiger partial charge is 0.225 e. The van der Waals surface area contributed by atoms with Crippen LogP contribution >= 0.6 is 0 Å². The summed E-state index contributed by atoms with van der Waals surface area (Å²) in [5, 5.41) is 2.80. The van der Waals surface area contributed by atoms with Crippen molar-refractivity contribution in [1.82, 2.24) is 5.32 Å². The van der Waals surface area contributed by atoms with E-state index in [1.54, 1.807) is 0 Å². The minimum absolute atomic E-state index is 0.00639. The van der Waals surface area contributed by atoms with Crippen LogP contribution in [0.2, 0.25) is 0 Å². The summed E-state index contributed by atoms with van der Waals surface area (Å²) in [5.41, 5.74) is -0.372. The van der Waals surface area contributed by atoms with Gasteiger partial charge in [-0.1, -0.05) is 20.8 Å². The SMILES string of the molecule is CCOC(CNC(=O)C(C)(C)C)OCC. The molecular weight excluding hydrogens is 194 g/mol. The lowest BCUT2D eigenvalue weighted by molar-refractivity contribution is -0.143. The summed E-state index contributed by atoms with van der Waals surface area (Å²) in [5.74, 6) is 0.00639. The van der Waals surface area contributed by atoms with E-state index in [1.165, 1.54) is 0 Å². The van der Waals surface area contributed by atoms with Crippen LogP contribution in [-0.2, 0) is 14.3 Å². The molecule has 0 saturated carbocycles. The number of carbonyl (C=O) groups is 1. The molecule has 0 aromatic carbocycles. The molecule has 0 bridgehead atoms. The molecule has 0 unspecified atom stereocenters. The predicted molar refractivity (Wildman–Crippen MR) is 59.5 cm³/mol. The summed E-state index contributed by atoms with van der Waals surface area (Å²) in [6.45, 7) is 11.0. The highest BCUT2D eigenvalue weighted by Gasteiger charge is 2.21. The summed E-state index contributed by atoms with van der Waals surface area (Å²) >= 11 is 0. The molecular formula is C11H23NO3. The Labute approximate surface area is 92.3 Å². The van der Waals surface area contributed by atoms with Crippen LogP contribution in [0, 0.1) is 5.41 Å². The topological polar surface area (TPSA) is 47.6 Å². The van der Waals surface area contributed by atoms with Crippen LogP contribution in [0.5, 0.6) is 0 Å². The molecule has 0 aromatic rings. The monoisotopic (exact) mass is 217 g/mol. The third-order valence-electron chi connectivity index (χ3n) is 1.82. The normalized spacial score (nSPS) is 11.9. The zero-order valence-electron chi connectivity index (χ0n) is 10.4. The Bertz CT molecular complexity index is 181. The van der Waals surface area contributed by atoms with Crippen LogP contribution in [0.3, 0.4) is 0 Å². The standard InChI is InChI=1S/C11H23NO3/c1-6-14-9(15-7-2)8-12-10(13)11(3,4)5/h9H,6-8H2,1-5H3,(H,12,13). The lowest BCUT2D eigenvalue weighted by atomic mass is 9.96. The van der Waals surface area contributed by atoms with E-state index in [0.717, 1.165) is 0 Å². The first kappa shape index (κ1) is 14.4. The maximum atomic E-state index is 11.6. The highest BCUT2D eigenvalue weighted by Crippen LogP contribution is 2.12. The number of nitrogens with one attached hydrogen (secondary N) is 1. The molecule has 1 amide bonds. The number of amides is 1. The molecule has 4 heteroatoms. The van der Waals surface area contributed by atoms with Gasteiger partial charge in [0.1, 0.15) is 0 Å². The number of rotatable bonds is 6. The predicted octanol–water partition coefficient (Wildman–Crippen LogP) is 1.55. The second-order valence-corrected chi connectivity index (χ2v) is 4.30. The second kappa shape index (κ2) is 6.80. The summed E-state index contributed by atoms with van der Waals surface area (Å²) < 4.78 is 10.6. The molecule has 0 rings (SSSR count). The van der Waals surface area contributed by atoms with Crippen molar-refractivity contribution < 1.29 is 14.3 Å². The number of hydrogen-bond acceptors (Lipinski definition) is 3. The highest BCUT2D eigenvalue weighted by molar-refractivity contribution is 5.81. The Balaban J connectivity index is 3.93. The van der Waals surface area contributed by atoms with Gasteiger partial charge < -0.3 is 14.8 Å². The van der Waals surface area contributed by atoms with Gasteiger partial charge in [0.05, 0.1) is 6.54 Å². The van der Waals surface area contributed by atoms with Crippen LogP contribution in [0.15, 0.2) is 0 Å². The average Bonchev–Trinajstić information content (AvgIpc) is 2.12. The molecule has 0 aliphatic heterocycles. The summed E-state index contributed by atoms with van der Waals surface area (Å²) in [6.07, 6.45) is -0.341. The van der Waals surface area contributed by atoms with Crippen LogP contribution < -0.4 is 5.32 Å². The van der Waals surface area contributed by atoms with Gasteiger partial charge in [0.2, 0.25) is 5.91 Å². The lowest BCUT2D eigenvalue weighted by Crippen LogP contribution is -2.41. The van der Waals surface area contributed by atoms with E-state index in [-0.39, 0.29) is 17.6 Å². The Morgan fingerprint density at radius 2 is 1.67 bits per heavy atom. The molecule has 0 fully saturated rings. The average molecular weight is 217 g/mol. The van der Waals surface area contributed by atoms with Crippen LogP contribution in [0.4, 0.5) is 0 Å². The first-order valence-electron chi connectivity index (χ1n) is 5.43. The minimum atomic E-state index is -0.372. The zero-order valence-corrected chi connectivity index (χ0v) is 10.4. The Hall–Kier alpha value is -0.610. The van der Waals surface area contributed by atoms with Gasteiger partial charge in [-0.15, -0.1) is 0 Å². The summed E-state index contributed by atoms with van der Waals surface area (Å²) in [7, 11) is 0. The van der Waals surface area contributed by atoms with Gasteiger partial charge in [-0.25, -0.2) is 0 Å². The third-order valence-corrected chi connectivity index (χ3v) is 1.82. The van der Waals surface area contributed by atoms with E-state index < -0.39 is 0 Å². The number of hydrogen-bond donors (Lipinski definition) is 1. The number of carbonyl (C=O) groups excluding carboxylic acids is 1. The van der Waals surface area contributed by atoms with Crippen LogP contribution in [-0.4, -0.2) is 32.0 Å². The molecule has 0 heterocycles. The van der Waals surface area contributed by atoms with E-state index >= 15 is 0 Å².